The smallest absolute Gasteiger partial charge is 0.321 e. The van der Waals surface area contributed by atoms with Crippen LogP contribution in [-0.2, 0) is 16.1 Å². The molecule has 12 heteroatoms. The SMILES string of the molecule is COc1cc(NC(=O)N2CCC3(CC2)C(=O)N(CC(=O)NCc2ccc4c(c2)OCO4)CN3c2ccccc2)cc(OC)c1. The number of hydrogen-bond acceptors (Lipinski definition) is 8. The number of nitrogens with zero attached hydrogens (tertiary/aromatic N) is 3. The summed E-state index contributed by atoms with van der Waals surface area (Å²) in [6.07, 6.45) is 0.843. The maximum atomic E-state index is 14.0. The zero-order chi connectivity index (χ0) is 30.7. The lowest BCUT2D eigenvalue weighted by Crippen LogP contribution is -2.58. The van der Waals surface area contributed by atoms with E-state index in [9.17, 15) is 14.4 Å². The van der Waals surface area contributed by atoms with E-state index < -0.39 is 5.54 Å². The Morgan fingerprint density at radius 2 is 1.61 bits per heavy atom. The van der Waals surface area contributed by atoms with Gasteiger partial charge in [0.25, 0.3) is 5.91 Å². The average Bonchev–Trinajstić information content (AvgIpc) is 3.63. The average molecular weight is 602 g/mol. The molecule has 4 amide bonds. The zero-order valence-corrected chi connectivity index (χ0v) is 24.7. The first-order chi connectivity index (χ1) is 21.4. The maximum Gasteiger partial charge on any atom is 0.321 e. The number of rotatable bonds is 8. The minimum absolute atomic E-state index is 0.0731. The second-order valence-electron chi connectivity index (χ2n) is 10.9. The van der Waals surface area contributed by atoms with Crippen LogP contribution in [-0.4, -0.2) is 80.5 Å². The van der Waals surface area contributed by atoms with Crippen LogP contribution in [0.1, 0.15) is 18.4 Å². The standard InChI is InChI=1S/C32H35N5O7/c1-41-25-15-23(16-26(17-25)42-2)34-31(40)35-12-10-32(11-13-35)30(39)36(20-37(32)24-6-4-3-5-7-24)19-29(38)33-18-22-8-9-27-28(14-22)44-21-43-27/h3-9,14-17H,10-13,18-21H2,1-2H3,(H,33,38)(H,34,40). The number of carbonyl (C=O) groups is 3. The topological polar surface area (TPSA) is 122 Å². The number of para-hydroxylation sites is 1. The quantitative estimate of drug-likeness (QED) is 0.403. The van der Waals surface area contributed by atoms with Crippen molar-refractivity contribution in [2.75, 3.05) is 57.5 Å². The third-order valence-electron chi connectivity index (χ3n) is 8.32. The van der Waals surface area contributed by atoms with Crippen LogP contribution in [0, 0.1) is 0 Å². The summed E-state index contributed by atoms with van der Waals surface area (Å²) in [5.41, 5.74) is 1.45. The molecule has 3 aliphatic heterocycles. The molecular formula is C32H35N5O7. The number of nitrogens with one attached hydrogen (secondary N) is 2. The predicted molar refractivity (Wildman–Crippen MR) is 162 cm³/mol. The molecule has 0 bridgehead atoms. The van der Waals surface area contributed by atoms with E-state index in [0.29, 0.717) is 61.2 Å². The molecule has 3 heterocycles. The van der Waals surface area contributed by atoms with Gasteiger partial charge in [-0.15, -0.1) is 0 Å². The van der Waals surface area contributed by atoms with Crippen LogP contribution in [0.4, 0.5) is 16.2 Å². The summed E-state index contributed by atoms with van der Waals surface area (Å²) in [5.74, 6) is 2.08. The van der Waals surface area contributed by atoms with E-state index >= 15 is 0 Å². The second kappa shape index (κ2) is 12.2. The Hall–Kier alpha value is -5.13. The first kappa shape index (κ1) is 29.0. The number of piperidine rings is 1. The first-order valence-electron chi connectivity index (χ1n) is 14.4. The van der Waals surface area contributed by atoms with Crippen LogP contribution >= 0.6 is 0 Å². The molecule has 3 aliphatic rings. The van der Waals surface area contributed by atoms with Crippen LogP contribution in [0.25, 0.3) is 0 Å². The molecule has 3 aromatic carbocycles. The minimum Gasteiger partial charge on any atom is -0.497 e. The summed E-state index contributed by atoms with van der Waals surface area (Å²) >= 11 is 0. The lowest BCUT2D eigenvalue weighted by atomic mass is 9.85. The summed E-state index contributed by atoms with van der Waals surface area (Å²) < 4.78 is 21.4. The zero-order valence-electron chi connectivity index (χ0n) is 24.7. The van der Waals surface area contributed by atoms with Gasteiger partial charge in [0.1, 0.15) is 23.6 Å². The minimum atomic E-state index is -0.866. The van der Waals surface area contributed by atoms with Crippen LogP contribution in [0.3, 0.4) is 0 Å². The van der Waals surface area contributed by atoms with E-state index in [1.54, 1.807) is 42.2 Å². The Morgan fingerprint density at radius 3 is 2.32 bits per heavy atom. The molecule has 0 unspecified atom stereocenters. The molecule has 1 spiro atoms. The van der Waals surface area contributed by atoms with Gasteiger partial charge < -0.3 is 44.3 Å². The molecule has 3 aromatic rings. The molecule has 0 aliphatic carbocycles. The van der Waals surface area contributed by atoms with Gasteiger partial charge in [0.15, 0.2) is 11.5 Å². The van der Waals surface area contributed by atoms with Crippen molar-refractivity contribution >= 4 is 29.2 Å². The fourth-order valence-electron chi connectivity index (χ4n) is 5.97. The van der Waals surface area contributed by atoms with Crippen molar-refractivity contribution in [1.82, 2.24) is 15.1 Å². The van der Waals surface area contributed by atoms with Gasteiger partial charge in [0, 0.05) is 49.2 Å². The maximum absolute atomic E-state index is 14.0. The number of likely N-dealkylation sites (tertiary alicyclic amines) is 1. The van der Waals surface area contributed by atoms with Gasteiger partial charge >= 0.3 is 6.03 Å². The molecule has 0 radical (unpaired) electrons. The summed E-state index contributed by atoms with van der Waals surface area (Å²) in [6, 6.07) is 20.1. The molecule has 44 heavy (non-hydrogen) atoms. The molecule has 0 atom stereocenters. The molecule has 0 aromatic heterocycles. The number of ether oxygens (including phenoxy) is 4. The molecule has 2 saturated heterocycles. The van der Waals surface area contributed by atoms with Gasteiger partial charge in [-0.3, -0.25) is 9.59 Å². The summed E-state index contributed by atoms with van der Waals surface area (Å²) in [5, 5.41) is 5.84. The van der Waals surface area contributed by atoms with Gasteiger partial charge in [-0.05, 0) is 42.7 Å². The number of methoxy groups -OCH3 is 2. The molecule has 0 saturated carbocycles. The molecule has 12 nitrogen and oxygen atoms in total. The van der Waals surface area contributed by atoms with Gasteiger partial charge in [0.05, 0.1) is 20.9 Å². The normalized spacial score (nSPS) is 16.7. The number of hydrogen-bond donors (Lipinski definition) is 2. The number of carbonyl (C=O) groups excluding carboxylic acids is 3. The lowest BCUT2D eigenvalue weighted by Gasteiger charge is -2.43. The van der Waals surface area contributed by atoms with Crippen molar-refractivity contribution in [3.63, 3.8) is 0 Å². The highest BCUT2D eigenvalue weighted by molar-refractivity contribution is 5.97. The molecular weight excluding hydrogens is 566 g/mol. The van der Waals surface area contributed by atoms with Crippen molar-refractivity contribution in [1.29, 1.82) is 0 Å². The molecule has 230 valence electrons. The molecule has 2 fully saturated rings. The van der Waals surface area contributed by atoms with Crippen molar-refractivity contribution in [2.45, 2.75) is 24.9 Å². The Balaban J connectivity index is 1.12. The van der Waals surface area contributed by atoms with Crippen LogP contribution in [0.2, 0.25) is 0 Å². The fraction of sp³-hybridized carbons (Fsp3) is 0.344. The number of urea groups is 1. The van der Waals surface area contributed by atoms with Crippen molar-refractivity contribution in [3.05, 3.63) is 72.3 Å². The van der Waals surface area contributed by atoms with Crippen molar-refractivity contribution in [3.8, 4) is 23.0 Å². The van der Waals surface area contributed by atoms with Crippen LogP contribution in [0.15, 0.2) is 66.7 Å². The predicted octanol–water partition coefficient (Wildman–Crippen LogP) is 3.42. The third-order valence-corrected chi connectivity index (χ3v) is 8.32. The Kier molecular flexibility index (Phi) is 8.05. The summed E-state index contributed by atoms with van der Waals surface area (Å²) in [4.78, 5) is 45.6. The van der Waals surface area contributed by atoms with Crippen molar-refractivity contribution in [2.24, 2.45) is 0 Å². The Bertz CT molecular complexity index is 1520. The highest BCUT2D eigenvalue weighted by atomic mass is 16.7. The highest BCUT2D eigenvalue weighted by Crippen LogP contribution is 2.40. The lowest BCUT2D eigenvalue weighted by molar-refractivity contribution is -0.137. The number of benzene rings is 3. The molecule has 2 N–H and O–H groups in total. The third kappa shape index (κ3) is 5.75. The van der Waals surface area contributed by atoms with E-state index in [1.165, 1.54) is 0 Å². The number of anilines is 2. The van der Waals surface area contributed by atoms with E-state index in [4.69, 9.17) is 18.9 Å². The number of fused-ring (bicyclic) bond motifs is 1. The van der Waals surface area contributed by atoms with E-state index in [-0.39, 0.29) is 37.9 Å². The van der Waals surface area contributed by atoms with E-state index in [0.717, 1.165) is 11.3 Å². The Morgan fingerprint density at radius 1 is 0.909 bits per heavy atom. The second-order valence-corrected chi connectivity index (χ2v) is 10.9. The van der Waals surface area contributed by atoms with Gasteiger partial charge in [-0.2, -0.15) is 0 Å². The summed E-state index contributed by atoms with van der Waals surface area (Å²) in [7, 11) is 3.10. The Labute approximate surface area is 255 Å². The first-order valence-corrected chi connectivity index (χ1v) is 14.4. The van der Waals surface area contributed by atoms with Crippen LogP contribution in [0.5, 0.6) is 23.0 Å². The largest absolute Gasteiger partial charge is 0.497 e. The monoisotopic (exact) mass is 601 g/mol. The number of amides is 4. The van der Waals surface area contributed by atoms with Gasteiger partial charge in [0.2, 0.25) is 12.7 Å². The van der Waals surface area contributed by atoms with Crippen LogP contribution < -0.4 is 34.5 Å². The van der Waals surface area contributed by atoms with Gasteiger partial charge in [-0.1, -0.05) is 24.3 Å². The molecule has 6 rings (SSSR count). The highest BCUT2D eigenvalue weighted by Gasteiger charge is 2.54. The van der Waals surface area contributed by atoms with E-state index in [1.807, 2.05) is 48.5 Å². The van der Waals surface area contributed by atoms with E-state index in [2.05, 4.69) is 15.5 Å². The fourth-order valence-corrected chi connectivity index (χ4v) is 5.97. The summed E-state index contributed by atoms with van der Waals surface area (Å²) in [6.45, 7) is 1.42. The van der Waals surface area contributed by atoms with Gasteiger partial charge in [-0.25, -0.2) is 4.79 Å². The van der Waals surface area contributed by atoms with Crippen molar-refractivity contribution < 1.29 is 33.3 Å².